The highest BCUT2D eigenvalue weighted by molar-refractivity contribution is 6.20. The summed E-state index contributed by atoms with van der Waals surface area (Å²) in [5.74, 6) is -0.493. The summed E-state index contributed by atoms with van der Waals surface area (Å²) in [5, 5.41) is 0. The van der Waals surface area contributed by atoms with E-state index in [0.717, 1.165) is 6.08 Å². The highest BCUT2D eigenvalue weighted by Gasteiger charge is 1.98. The molecule has 0 aromatic carbocycles. The Morgan fingerprint density at radius 3 is 2.62 bits per heavy atom. The molecule has 8 heavy (non-hydrogen) atoms. The van der Waals surface area contributed by atoms with Crippen molar-refractivity contribution in [2.24, 2.45) is 0 Å². The number of hydrogen-bond acceptors (Lipinski definition) is 2. The maximum atomic E-state index is 10.2. The van der Waals surface area contributed by atoms with Crippen molar-refractivity contribution in [1.29, 1.82) is 0 Å². The van der Waals surface area contributed by atoms with Crippen molar-refractivity contribution < 1.29 is 9.53 Å². The Labute approximate surface area is 53.1 Å². The normalized spacial score (nSPS) is 12.2. The number of carbonyl (C=O) groups is 1. The minimum absolute atomic E-state index is 0.493. The maximum absolute atomic E-state index is 10.2. The number of esters is 1. The van der Waals surface area contributed by atoms with Gasteiger partial charge in [-0.05, 0) is 6.92 Å². The first-order chi connectivity index (χ1) is 3.66. The van der Waals surface area contributed by atoms with Crippen molar-refractivity contribution >= 4 is 17.6 Å². The SMILES string of the molecule is C=CC(=O)OC(C)Cl. The predicted molar refractivity (Wildman–Crippen MR) is 31.6 cm³/mol. The summed E-state index contributed by atoms with van der Waals surface area (Å²) >= 11 is 5.26. The summed E-state index contributed by atoms with van der Waals surface area (Å²) < 4.78 is 4.41. The van der Waals surface area contributed by atoms with E-state index >= 15 is 0 Å². The molecular weight excluding hydrogens is 128 g/mol. The Hall–Kier alpha value is -0.500. The zero-order chi connectivity index (χ0) is 6.57. The Kier molecular flexibility index (Phi) is 3.28. The molecule has 0 bridgehead atoms. The Balaban J connectivity index is 3.39. The van der Waals surface area contributed by atoms with Crippen LogP contribution in [0.4, 0.5) is 0 Å². The largest absolute Gasteiger partial charge is 0.443 e. The number of carbonyl (C=O) groups excluding carboxylic acids is 1. The minimum Gasteiger partial charge on any atom is -0.443 e. The second-order valence-electron chi connectivity index (χ2n) is 1.18. The maximum Gasteiger partial charge on any atom is 0.331 e. The Morgan fingerprint density at radius 2 is 2.50 bits per heavy atom. The number of rotatable bonds is 2. The van der Waals surface area contributed by atoms with Crippen LogP contribution in [0.5, 0.6) is 0 Å². The number of halogens is 1. The fraction of sp³-hybridized carbons (Fsp3) is 0.400. The third kappa shape index (κ3) is 3.68. The number of ether oxygens (including phenoxy) is 1. The molecule has 0 aromatic heterocycles. The van der Waals surface area contributed by atoms with Gasteiger partial charge < -0.3 is 4.74 Å². The van der Waals surface area contributed by atoms with E-state index in [1.807, 2.05) is 0 Å². The van der Waals surface area contributed by atoms with Crippen LogP contribution in [0.2, 0.25) is 0 Å². The summed E-state index contributed by atoms with van der Waals surface area (Å²) in [4.78, 5) is 10.2. The molecule has 0 amide bonds. The Bertz CT molecular complexity index is 98.6. The summed E-state index contributed by atoms with van der Waals surface area (Å²) in [6.07, 6.45) is 1.07. The monoisotopic (exact) mass is 134 g/mol. The van der Waals surface area contributed by atoms with Gasteiger partial charge in [-0.2, -0.15) is 0 Å². The first-order valence-corrected chi connectivity index (χ1v) is 2.57. The highest BCUT2D eigenvalue weighted by atomic mass is 35.5. The van der Waals surface area contributed by atoms with Crippen LogP contribution in [-0.4, -0.2) is 11.5 Å². The Morgan fingerprint density at radius 1 is 2.00 bits per heavy atom. The van der Waals surface area contributed by atoms with Gasteiger partial charge in [0, 0.05) is 6.08 Å². The number of hydrogen-bond donors (Lipinski definition) is 0. The van der Waals surface area contributed by atoms with E-state index < -0.39 is 11.5 Å². The standard InChI is InChI=1S/C5H7ClO2/c1-3-5(7)8-4(2)6/h3-4H,1H2,2H3. The van der Waals surface area contributed by atoms with E-state index in [9.17, 15) is 4.79 Å². The van der Waals surface area contributed by atoms with E-state index in [2.05, 4.69) is 11.3 Å². The van der Waals surface area contributed by atoms with Crippen LogP contribution in [-0.2, 0) is 9.53 Å². The van der Waals surface area contributed by atoms with Gasteiger partial charge >= 0.3 is 5.97 Å². The van der Waals surface area contributed by atoms with E-state index in [1.54, 1.807) is 6.92 Å². The topological polar surface area (TPSA) is 26.3 Å². The van der Waals surface area contributed by atoms with Crippen LogP contribution in [0.15, 0.2) is 12.7 Å². The van der Waals surface area contributed by atoms with Crippen molar-refractivity contribution in [3.8, 4) is 0 Å². The van der Waals surface area contributed by atoms with Crippen LogP contribution >= 0.6 is 11.6 Å². The molecule has 1 unspecified atom stereocenters. The van der Waals surface area contributed by atoms with Crippen molar-refractivity contribution in [1.82, 2.24) is 0 Å². The summed E-state index contributed by atoms with van der Waals surface area (Å²) in [7, 11) is 0. The fourth-order valence-corrected chi connectivity index (χ4v) is 0.296. The molecule has 2 nitrogen and oxygen atoms in total. The van der Waals surface area contributed by atoms with Crippen molar-refractivity contribution in [2.45, 2.75) is 12.5 Å². The molecule has 0 saturated heterocycles. The second-order valence-corrected chi connectivity index (χ2v) is 1.80. The molecule has 0 radical (unpaired) electrons. The van der Waals surface area contributed by atoms with E-state index in [0.29, 0.717) is 0 Å². The van der Waals surface area contributed by atoms with Crippen LogP contribution in [0.1, 0.15) is 6.92 Å². The molecule has 0 saturated carbocycles. The van der Waals surface area contributed by atoms with E-state index in [-0.39, 0.29) is 0 Å². The van der Waals surface area contributed by atoms with Gasteiger partial charge in [-0.15, -0.1) is 0 Å². The molecule has 0 spiro atoms. The van der Waals surface area contributed by atoms with Crippen LogP contribution < -0.4 is 0 Å². The summed E-state index contributed by atoms with van der Waals surface area (Å²) in [6.45, 7) is 4.74. The molecule has 0 rings (SSSR count). The smallest absolute Gasteiger partial charge is 0.331 e. The zero-order valence-electron chi connectivity index (χ0n) is 4.56. The quantitative estimate of drug-likeness (QED) is 0.323. The van der Waals surface area contributed by atoms with Gasteiger partial charge in [-0.25, -0.2) is 4.79 Å². The molecule has 0 aliphatic rings. The molecule has 0 aliphatic heterocycles. The average molecular weight is 135 g/mol. The van der Waals surface area contributed by atoms with Gasteiger partial charge in [-0.1, -0.05) is 18.2 Å². The fourth-order valence-electron chi connectivity index (χ4n) is 0.208. The molecule has 0 aromatic rings. The second kappa shape index (κ2) is 3.50. The summed E-state index contributed by atoms with van der Waals surface area (Å²) in [6, 6.07) is 0. The van der Waals surface area contributed by atoms with Gasteiger partial charge in [0.05, 0.1) is 0 Å². The third-order valence-corrected chi connectivity index (χ3v) is 0.534. The van der Waals surface area contributed by atoms with Crippen molar-refractivity contribution in [3.05, 3.63) is 12.7 Å². The lowest BCUT2D eigenvalue weighted by molar-refractivity contribution is -0.138. The van der Waals surface area contributed by atoms with Gasteiger partial charge in [0.2, 0.25) is 0 Å². The van der Waals surface area contributed by atoms with Crippen LogP contribution in [0.3, 0.4) is 0 Å². The van der Waals surface area contributed by atoms with Crippen molar-refractivity contribution in [3.63, 3.8) is 0 Å². The zero-order valence-corrected chi connectivity index (χ0v) is 5.31. The van der Waals surface area contributed by atoms with E-state index in [4.69, 9.17) is 11.6 Å². The molecule has 3 heteroatoms. The van der Waals surface area contributed by atoms with Gasteiger partial charge in [0.1, 0.15) is 0 Å². The first-order valence-electron chi connectivity index (χ1n) is 2.14. The van der Waals surface area contributed by atoms with Crippen molar-refractivity contribution in [2.75, 3.05) is 0 Å². The molecular formula is C5H7ClO2. The predicted octanol–water partition coefficient (Wildman–Crippen LogP) is 1.30. The molecule has 0 fully saturated rings. The lowest BCUT2D eigenvalue weighted by Crippen LogP contribution is -2.05. The minimum atomic E-state index is -0.569. The molecule has 0 aliphatic carbocycles. The highest BCUT2D eigenvalue weighted by Crippen LogP contribution is 1.95. The first kappa shape index (κ1) is 7.50. The molecule has 46 valence electrons. The van der Waals surface area contributed by atoms with Gasteiger partial charge in [0.25, 0.3) is 0 Å². The third-order valence-electron chi connectivity index (χ3n) is 0.445. The van der Waals surface area contributed by atoms with Gasteiger partial charge in [-0.3, -0.25) is 0 Å². The van der Waals surface area contributed by atoms with Crippen LogP contribution in [0.25, 0.3) is 0 Å². The summed E-state index contributed by atoms with van der Waals surface area (Å²) in [5.41, 5.74) is -0.569. The van der Waals surface area contributed by atoms with E-state index in [1.165, 1.54) is 0 Å². The average Bonchev–Trinajstić information content (AvgIpc) is 1.65. The lowest BCUT2D eigenvalue weighted by Gasteiger charge is -2.00. The lowest BCUT2D eigenvalue weighted by atomic mass is 10.6. The molecule has 0 heterocycles. The molecule has 0 N–H and O–H groups in total. The number of alkyl halides is 1. The molecule has 1 atom stereocenters. The van der Waals surface area contributed by atoms with Gasteiger partial charge in [0.15, 0.2) is 5.56 Å². The van der Waals surface area contributed by atoms with Crippen LogP contribution in [0, 0.1) is 0 Å².